The molecule has 14 heavy (non-hydrogen) atoms. The summed E-state index contributed by atoms with van der Waals surface area (Å²) >= 11 is 0. The highest BCUT2D eigenvalue weighted by Gasteiger charge is 2.22. The summed E-state index contributed by atoms with van der Waals surface area (Å²) in [4.78, 5) is 12.5. The molecule has 1 aliphatic rings. The van der Waals surface area contributed by atoms with Gasteiger partial charge in [0.25, 0.3) is 0 Å². The molecule has 0 aliphatic carbocycles. The van der Waals surface area contributed by atoms with Crippen molar-refractivity contribution in [3.63, 3.8) is 0 Å². The van der Waals surface area contributed by atoms with Crippen LogP contribution in [0.4, 0.5) is 5.69 Å². The molecule has 2 rings (SSSR count). The van der Waals surface area contributed by atoms with E-state index in [0.29, 0.717) is 5.75 Å². The lowest BCUT2D eigenvalue weighted by Crippen LogP contribution is -2.18. The zero-order chi connectivity index (χ0) is 10.3. The Labute approximate surface area is 83.0 Å². The van der Waals surface area contributed by atoms with Crippen molar-refractivity contribution in [1.29, 1.82) is 0 Å². The highest BCUT2D eigenvalue weighted by atomic mass is 16.3. The molecular weight excluding hydrogens is 178 g/mol. The molecule has 0 saturated heterocycles. The van der Waals surface area contributed by atoms with Gasteiger partial charge >= 0.3 is 0 Å². The van der Waals surface area contributed by atoms with Gasteiger partial charge in [0.15, 0.2) is 0 Å². The van der Waals surface area contributed by atoms with E-state index in [1.807, 2.05) is 13.8 Å². The van der Waals surface area contributed by atoms with Gasteiger partial charge in [-0.05, 0) is 43.0 Å². The minimum Gasteiger partial charge on any atom is -0.508 e. The quantitative estimate of drug-likeness (QED) is 0.684. The van der Waals surface area contributed by atoms with Gasteiger partial charge in [0, 0.05) is 6.54 Å². The third-order valence-corrected chi connectivity index (χ3v) is 2.95. The van der Waals surface area contributed by atoms with E-state index < -0.39 is 0 Å². The molecule has 0 spiro atoms. The van der Waals surface area contributed by atoms with Crippen molar-refractivity contribution in [3.8, 4) is 5.75 Å². The van der Waals surface area contributed by atoms with Crippen LogP contribution in [0.25, 0.3) is 0 Å². The van der Waals surface area contributed by atoms with Gasteiger partial charge < -0.3 is 10.0 Å². The van der Waals surface area contributed by atoms with Crippen molar-refractivity contribution in [2.75, 3.05) is 11.4 Å². The Kier molecular flexibility index (Phi) is 1.95. The number of carbonyl (C=O) groups excluding carboxylic acids is 1. The minimum atomic E-state index is 0.328. The molecule has 3 heteroatoms. The molecular formula is C11H13NO2. The average Bonchev–Trinajstić information content (AvgIpc) is 2.57. The van der Waals surface area contributed by atoms with Crippen LogP contribution in [-0.4, -0.2) is 18.1 Å². The molecule has 3 nitrogen and oxygen atoms in total. The Hall–Kier alpha value is -1.51. The van der Waals surface area contributed by atoms with Crippen molar-refractivity contribution >= 4 is 12.1 Å². The second-order valence-corrected chi connectivity index (χ2v) is 3.70. The van der Waals surface area contributed by atoms with Gasteiger partial charge in [0.2, 0.25) is 6.41 Å². The van der Waals surface area contributed by atoms with Crippen LogP contribution in [0, 0.1) is 13.8 Å². The number of benzene rings is 1. The van der Waals surface area contributed by atoms with Crippen LogP contribution in [0.15, 0.2) is 6.07 Å². The number of nitrogens with zero attached hydrogens (tertiary/aromatic N) is 1. The Morgan fingerprint density at radius 3 is 2.79 bits per heavy atom. The molecule has 1 heterocycles. The molecule has 74 valence electrons. The number of phenolic OH excluding ortho intramolecular Hbond substituents is 1. The summed E-state index contributed by atoms with van der Waals surface area (Å²) < 4.78 is 0. The minimum absolute atomic E-state index is 0.328. The van der Waals surface area contributed by atoms with Crippen LogP contribution in [0.5, 0.6) is 5.75 Å². The number of rotatable bonds is 1. The van der Waals surface area contributed by atoms with E-state index in [2.05, 4.69) is 0 Å². The smallest absolute Gasteiger partial charge is 0.214 e. The Morgan fingerprint density at radius 1 is 1.43 bits per heavy atom. The van der Waals surface area contributed by atoms with Crippen molar-refractivity contribution in [1.82, 2.24) is 0 Å². The molecule has 0 saturated carbocycles. The van der Waals surface area contributed by atoms with Gasteiger partial charge in [-0.2, -0.15) is 0 Å². The van der Waals surface area contributed by atoms with Crippen LogP contribution < -0.4 is 4.90 Å². The first-order chi connectivity index (χ1) is 6.65. The maximum absolute atomic E-state index is 10.8. The Balaban J connectivity index is 2.65. The van der Waals surface area contributed by atoms with Gasteiger partial charge in [-0.15, -0.1) is 0 Å². The van der Waals surface area contributed by atoms with Crippen molar-refractivity contribution in [2.24, 2.45) is 0 Å². The number of aromatic hydroxyl groups is 1. The molecule has 1 N–H and O–H groups in total. The SMILES string of the molecule is Cc1c(O)cc2c(c1C)N(C=O)CC2. The lowest BCUT2D eigenvalue weighted by Gasteiger charge is -2.15. The van der Waals surface area contributed by atoms with Gasteiger partial charge in [-0.3, -0.25) is 4.79 Å². The molecule has 1 aromatic carbocycles. The predicted molar refractivity (Wildman–Crippen MR) is 54.7 cm³/mol. The number of hydrogen-bond acceptors (Lipinski definition) is 2. The van der Waals surface area contributed by atoms with E-state index in [-0.39, 0.29) is 0 Å². The number of phenols is 1. The fraction of sp³-hybridized carbons (Fsp3) is 0.364. The van der Waals surface area contributed by atoms with E-state index in [9.17, 15) is 9.90 Å². The first-order valence-corrected chi connectivity index (χ1v) is 4.69. The molecule has 0 radical (unpaired) electrons. The Morgan fingerprint density at radius 2 is 2.14 bits per heavy atom. The van der Waals surface area contributed by atoms with Crippen LogP contribution in [-0.2, 0) is 11.2 Å². The van der Waals surface area contributed by atoms with Gasteiger partial charge in [-0.1, -0.05) is 0 Å². The summed E-state index contributed by atoms with van der Waals surface area (Å²) in [6, 6.07) is 1.77. The van der Waals surface area contributed by atoms with E-state index in [1.165, 1.54) is 0 Å². The first-order valence-electron chi connectivity index (χ1n) is 4.69. The molecule has 1 aliphatic heterocycles. The molecule has 1 aromatic rings. The second kappa shape index (κ2) is 3.01. The average molecular weight is 191 g/mol. The summed E-state index contributed by atoms with van der Waals surface area (Å²) in [6.45, 7) is 4.53. The summed E-state index contributed by atoms with van der Waals surface area (Å²) in [6.07, 6.45) is 1.69. The zero-order valence-electron chi connectivity index (χ0n) is 8.37. The maximum atomic E-state index is 10.8. The summed E-state index contributed by atoms with van der Waals surface area (Å²) in [5, 5.41) is 9.62. The fourth-order valence-corrected chi connectivity index (χ4v) is 2.00. The molecule has 0 fully saturated rings. The molecule has 0 unspecified atom stereocenters. The van der Waals surface area contributed by atoms with Crippen LogP contribution in [0.2, 0.25) is 0 Å². The van der Waals surface area contributed by atoms with Crippen LogP contribution in [0.1, 0.15) is 16.7 Å². The highest BCUT2D eigenvalue weighted by Crippen LogP contribution is 2.36. The van der Waals surface area contributed by atoms with E-state index in [4.69, 9.17) is 0 Å². The molecule has 0 atom stereocenters. The van der Waals surface area contributed by atoms with Gasteiger partial charge in [0.1, 0.15) is 5.75 Å². The third kappa shape index (κ3) is 1.09. The molecule has 1 amide bonds. The summed E-state index contributed by atoms with van der Waals surface area (Å²) in [5.41, 5.74) is 3.91. The first kappa shape index (κ1) is 9.06. The van der Waals surface area contributed by atoms with E-state index in [1.54, 1.807) is 11.0 Å². The monoisotopic (exact) mass is 191 g/mol. The van der Waals surface area contributed by atoms with Crippen molar-refractivity contribution < 1.29 is 9.90 Å². The third-order valence-electron chi connectivity index (χ3n) is 2.95. The second-order valence-electron chi connectivity index (χ2n) is 3.70. The van der Waals surface area contributed by atoms with Crippen LogP contribution >= 0.6 is 0 Å². The fourth-order valence-electron chi connectivity index (χ4n) is 2.00. The summed E-state index contributed by atoms with van der Waals surface area (Å²) in [5.74, 6) is 0.328. The van der Waals surface area contributed by atoms with Crippen molar-refractivity contribution in [3.05, 3.63) is 22.8 Å². The van der Waals surface area contributed by atoms with E-state index >= 15 is 0 Å². The topological polar surface area (TPSA) is 40.5 Å². The number of carbonyl (C=O) groups is 1. The number of anilines is 1. The van der Waals surface area contributed by atoms with Gasteiger partial charge in [-0.25, -0.2) is 0 Å². The van der Waals surface area contributed by atoms with E-state index in [0.717, 1.165) is 41.8 Å². The highest BCUT2D eigenvalue weighted by molar-refractivity contribution is 5.83. The van der Waals surface area contributed by atoms with Gasteiger partial charge in [0.05, 0.1) is 5.69 Å². The Bertz CT molecular complexity index is 399. The predicted octanol–water partition coefficient (Wildman–Crippen LogP) is 1.53. The lowest BCUT2D eigenvalue weighted by atomic mass is 10.0. The summed E-state index contributed by atoms with van der Waals surface area (Å²) in [7, 11) is 0. The molecule has 0 bridgehead atoms. The normalized spacial score (nSPS) is 14.3. The lowest BCUT2D eigenvalue weighted by molar-refractivity contribution is -0.107. The van der Waals surface area contributed by atoms with Crippen LogP contribution in [0.3, 0.4) is 0 Å². The van der Waals surface area contributed by atoms with Crippen molar-refractivity contribution in [2.45, 2.75) is 20.3 Å². The zero-order valence-corrected chi connectivity index (χ0v) is 8.37. The largest absolute Gasteiger partial charge is 0.508 e. The number of hydrogen-bond donors (Lipinski definition) is 1. The number of amides is 1. The maximum Gasteiger partial charge on any atom is 0.214 e. The standard InChI is InChI=1S/C11H13NO2/c1-7-8(2)11-9(5-10(7)14)3-4-12(11)6-13/h5-6,14H,3-4H2,1-2H3. The molecule has 0 aromatic heterocycles. The number of fused-ring (bicyclic) bond motifs is 1.